The second-order valence-electron chi connectivity index (χ2n) is 7.38. The van der Waals surface area contributed by atoms with Crippen molar-refractivity contribution in [1.29, 1.82) is 0 Å². The molecule has 2 aliphatic rings. The summed E-state index contributed by atoms with van der Waals surface area (Å²) in [5.41, 5.74) is -0.0632. The van der Waals surface area contributed by atoms with Gasteiger partial charge in [0.15, 0.2) is 0 Å². The van der Waals surface area contributed by atoms with Crippen LogP contribution in [-0.4, -0.2) is 93.1 Å². The van der Waals surface area contributed by atoms with Crippen molar-refractivity contribution < 1.29 is 29.7 Å². The number of aliphatic hydroxyl groups excluding tert-OH is 1. The summed E-state index contributed by atoms with van der Waals surface area (Å²) in [6.07, 6.45) is -0.575. The molecule has 2 aliphatic heterocycles. The lowest BCUT2D eigenvalue weighted by atomic mass is 9.86. The monoisotopic (exact) mass is 401 g/mol. The second-order valence-corrected chi connectivity index (χ2v) is 8.83. The highest BCUT2D eigenvalue weighted by Gasteiger charge is 2.48. The van der Waals surface area contributed by atoms with Crippen LogP contribution in [0.2, 0.25) is 0 Å². The van der Waals surface area contributed by atoms with E-state index in [0.29, 0.717) is 13.0 Å². The van der Waals surface area contributed by atoms with E-state index >= 15 is 0 Å². The molecule has 2 rings (SSSR count). The lowest BCUT2D eigenvalue weighted by Gasteiger charge is -2.27. The first kappa shape index (κ1) is 21.6. The first-order chi connectivity index (χ1) is 12.5. The number of carbonyl (C=O) groups is 3. The van der Waals surface area contributed by atoms with Crippen molar-refractivity contribution in [2.24, 2.45) is 16.8 Å². The van der Waals surface area contributed by atoms with Crippen LogP contribution in [0.4, 0.5) is 0 Å². The number of aliphatic carboxylic acids is 2. The smallest absolute Gasteiger partial charge is 0.350 e. The summed E-state index contributed by atoms with van der Waals surface area (Å²) in [6.45, 7) is 3.71. The SMILES string of the molecule is C[C@@H](O)[C@@H](C(=O)O)[C@@H]1N=C(C(=O)O)C(S[C@@H]2CN[C@H](C(=O)N(C)C)C2)[C@@H]1C. The van der Waals surface area contributed by atoms with Gasteiger partial charge in [0.2, 0.25) is 5.91 Å². The predicted molar refractivity (Wildman–Crippen MR) is 101 cm³/mol. The average molecular weight is 401 g/mol. The Labute approximate surface area is 162 Å². The van der Waals surface area contributed by atoms with E-state index < -0.39 is 35.3 Å². The first-order valence-corrected chi connectivity index (χ1v) is 9.80. The van der Waals surface area contributed by atoms with Crippen molar-refractivity contribution in [1.82, 2.24) is 10.2 Å². The molecule has 0 aromatic rings. The molecular weight excluding hydrogens is 374 g/mol. The van der Waals surface area contributed by atoms with Crippen molar-refractivity contribution in [3.05, 3.63) is 0 Å². The predicted octanol–water partition coefficient (Wildman–Crippen LogP) is -0.468. The van der Waals surface area contributed by atoms with Crippen molar-refractivity contribution in [2.75, 3.05) is 20.6 Å². The second kappa shape index (κ2) is 8.57. The number of amides is 1. The minimum Gasteiger partial charge on any atom is -0.481 e. The third-order valence-electron chi connectivity index (χ3n) is 5.13. The largest absolute Gasteiger partial charge is 0.481 e. The number of rotatable bonds is 7. The molecule has 0 bridgehead atoms. The number of carbonyl (C=O) groups excluding carboxylic acids is 1. The summed E-state index contributed by atoms with van der Waals surface area (Å²) in [7, 11) is 3.37. The fraction of sp³-hybridized carbons (Fsp3) is 0.765. The van der Waals surface area contributed by atoms with Crippen LogP contribution in [-0.2, 0) is 14.4 Å². The summed E-state index contributed by atoms with van der Waals surface area (Å²) < 4.78 is 0. The summed E-state index contributed by atoms with van der Waals surface area (Å²) in [4.78, 5) is 41.0. The van der Waals surface area contributed by atoms with Gasteiger partial charge in [0.1, 0.15) is 11.6 Å². The number of hydrogen-bond donors (Lipinski definition) is 4. The van der Waals surface area contributed by atoms with Crippen LogP contribution in [0.1, 0.15) is 20.3 Å². The lowest BCUT2D eigenvalue weighted by Crippen LogP contribution is -2.40. The third kappa shape index (κ3) is 4.61. The Kier molecular flexibility index (Phi) is 6.87. The molecular formula is C17H27N3O6S. The average Bonchev–Trinajstić information content (AvgIpc) is 3.13. The van der Waals surface area contributed by atoms with Crippen molar-refractivity contribution in [3.8, 4) is 0 Å². The zero-order valence-electron chi connectivity index (χ0n) is 15.8. The van der Waals surface area contributed by atoms with Crippen LogP contribution >= 0.6 is 11.8 Å². The van der Waals surface area contributed by atoms with E-state index in [4.69, 9.17) is 0 Å². The van der Waals surface area contributed by atoms with Crippen LogP contribution in [0.3, 0.4) is 0 Å². The third-order valence-corrected chi connectivity index (χ3v) is 6.82. The van der Waals surface area contributed by atoms with Crippen LogP contribution in [0, 0.1) is 11.8 Å². The maximum Gasteiger partial charge on any atom is 0.350 e. The highest BCUT2D eigenvalue weighted by molar-refractivity contribution is 8.01. The van der Waals surface area contributed by atoms with Gasteiger partial charge in [-0.25, -0.2) is 4.79 Å². The maximum atomic E-state index is 12.1. The van der Waals surface area contributed by atoms with E-state index in [1.807, 2.05) is 0 Å². The molecule has 0 radical (unpaired) electrons. The Morgan fingerprint density at radius 3 is 2.41 bits per heavy atom. The lowest BCUT2D eigenvalue weighted by molar-refractivity contribution is -0.146. The molecule has 7 atom stereocenters. The Bertz CT molecular complexity index is 638. The van der Waals surface area contributed by atoms with Gasteiger partial charge in [-0.2, -0.15) is 0 Å². The Morgan fingerprint density at radius 2 is 1.93 bits per heavy atom. The van der Waals surface area contributed by atoms with E-state index in [1.54, 1.807) is 21.0 Å². The minimum absolute atomic E-state index is 0.0180. The molecule has 0 saturated carbocycles. The minimum atomic E-state index is -1.19. The van der Waals surface area contributed by atoms with Gasteiger partial charge in [0, 0.05) is 25.9 Å². The molecule has 1 saturated heterocycles. The fourth-order valence-electron chi connectivity index (χ4n) is 3.70. The molecule has 9 nitrogen and oxygen atoms in total. The molecule has 1 amide bonds. The molecule has 0 aromatic carbocycles. The van der Waals surface area contributed by atoms with E-state index in [1.165, 1.54) is 23.6 Å². The molecule has 0 spiro atoms. The van der Waals surface area contributed by atoms with Crippen LogP contribution in [0.5, 0.6) is 0 Å². The van der Waals surface area contributed by atoms with Crippen molar-refractivity contribution >= 4 is 35.3 Å². The normalized spacial score (nSPS) is 32.6. The summed E-state index contributed by atoms with van der Waals surface area (Å²) in [6, 6.07) is -1.11. The Balaban J connectivity index is 2.15. The maximum absolute atomic E-state index is 12.1. The van der Waals surface area contributed by atoms with E-state index in [2.05, 4.69) is 10.3 Å². The van der Waals surface area contributed by atoms with Gasteiger partial charge < -0.3 is 25.5 Å². The zero-order chi connectivity index (χ0) is 20.5. The van der Waals surface area contributed by atoms with E-state index in [0.717, 1.165) is 0 Å². The summed E-state index contributed by atoms with van der Waals surface area (Å²) in [5, 5.41) is 31.5. The number of aliphatic hydroxyl groups is 1. The van der Waals surface area contributed by atoms with Gasteiger partial charge in [0.05, 0.1) is 23.4 Å². The van der Waals surface area contributed by atoms with E-state index in [9.17, 15) is 29.7 Å². The number of carboxylic acid groups (broad SMARTS) is 2. The molecule has 1 unspecified atom stereocenters. The summed E-state index contributed by atoms with van der Waals surface area (Å²) >= 11 is 1.42. The van der Waals surface area contributed by atoms with E-state index in [-0.39, 0.29) is 28.8 Å². The van der Waals surface area contributed by atoms with Crippen LogP contribution in [0.15, 0.2) is 4.99 Å². The van der Waals surface area contributed by atoms with Gasteiger partial charge in [0.25, 0.3) is 0 Å². The number of hydrogen-bond acceptors (Lipinski definition) is 7. The topological polar surface area (TPSA) is 140 Å². The molecule has 4 N–H and O–H groups in total. The number of likely N-dealkylation sites (N-methyl/N-ethyl adjacent to an activating group) is 1. The molecule has 0 aromatic heterocycles. The van der Waals surface area contributed by atoms with Crippen LogP contribution < -0.4 is 5.32 Å². The number of thioether (sulfide) groups is 1. The van der Waals surface area contributed by atoms with Gasteiger partial charge in [-0.3, -0.25) is 14.6 Å². The van der Waals surface area contributed by atoms with Gasteiger partial charge >= 0.3 is 11.9 Å². The van der Waals surface area contributed by atoms with Gasteiger partial charge in [-0.1, -0.05) is 6.92 Å². The standard InChI is InChI=1S/C17H27N3O6S/c1-7-12(11(8(2)21)16(23)24)19-13(17(25)26)14(7)27-9-5-10(18-6-9)15(22)20(3)4/h7-12,14,18,21H,5-6H2,1-4H3,(H,23,24)(H,25,26)/t7-,8-,9+,10+,11-,12-,14?/m1/s1. The summed E-state index contributed by atoms with van der Waals surface area (Å²) in [5.74, 6) is -3.92. The first-order valence-electron chi connectivity index (χ1n) is 8.86. The van der Waals surface area contributed by atoms with Gasteiger partial charge in [-0.15, -0.1) is 11.8 Å². The van der Waals surface area contributed by atoms with Crippen molar-refractivity contribution in [3.63, 3.8) is 0 Å². The van der Waals surface area contributed by atoms with Crippen LogP contribution in [0.25, 0.3) is 0 Å². The Hall–Kier alpha value is -1.65. The molecule has 1 fully saturated rings. The molecule has 2 heterocycles. The highest BCUT2D eigenvalue weighted by Crippen LogP contribution is 2.39. The zero-order valence-corrected chi connectivity index (χ0v) is 16.6. The highest BCUT2D eigenvalue weighted by atomic mass is 32.2. The number of carboxylic acids is 2. The molecule has 27 heavy (non-hydrogen) atoms. The molecule has 0 aliphatic carbocycles. The number of nitrogens with zero attached hydrogens (tertiary/aromatic N) is 2. The van der Waals surface area contributed by atoms with Gasteiger partial charge in [-0.05, 0) is 19.3 Å². The Morgan fingerprint density at radius 1 is 1.30 bits per heavy atom. The number of aliphatic imine (C=N–C) groups is 1. The quantitative estimate of drug-likeness (QED) is 0.449. The van der Waals surface area contributed by atoms with Crippen molar-refractivity contribution in [2.45, 2.75) is 49.0 Å². The molecule has 152 valence electrons. The number of nitrogens with one attached hydrogen (secondary N) is 1. The molecule has 10 heteroatoms. The fourth-order valence-corrected chi connectivity index (χ4v) is 5.31.